The number of rotatable bonds is 6. The second-order valence-corrected chi connectivity index (χ2v) is 7.16. The Kier molecular flexibility index (Phi) is 5.09. The number of ether oxygens (including phenoxy) is 3. The highest BCUT2D eigenvalue weighted by Gasteiger charge is 2.41. The van der Waals surface area contributed by atoms with Gasteiger partial charge < -0.3 is 19.2 Å². The molecule has 2 aromatic carbocycles. The zero-order valence-electron chi connectivity index (χ0n) is 16.3. The summed E-state index contributed by atoms with van der Waals surface area (Å²) in [6.07, 6.45) is 1.71. The average Bonchev–Trinajstić information content (AvgIpc) is 3.12. The number of esters is 1. The molecule has 0 fully saturated rings. The number of hydrogen-bond donors (Lipinski definition) is 1. The first-order chi connectivity index (χ1) is 13.6. The van der Waals surface area contributed by atoms with E-state index in [0.717, 1.165) is 34.3 Å². The van der Waals surface area contributed by atoms with Crippen molar-refractivity contribution in [3.05, 3.63) is 65.4 Å². The van der Waals surface area contributed by atoms with Gasteiger partial charge in [0.15, 0.2) is 0 Å². The van der Waals surface area contributed by atoms with Gasteiger partial charge in [0, 0.05) is 10.9 Å². The van der Waals surface area contributed by atoms with Gasteiger partial charge in [-0.1, -0.05) is 37.3 Å². The molecule has 1 aliphatic heterocycles. The Morgan fingerprint density at radius 2 is 2.04 bits per heavy atom. The number of nitrogens with one attached hydrogen (secondary N) is 1. The summed E-state index contributed by atoms with van der Waals surface area (Å²) in [5.41, 5.74) is 3.70. The zero-order chi connectivity index (χ0) is 19.6. The van der Waals surface area contributed by atoms with Gasteiger partial charge in [-0.05, 0) is 42.2 Å². The van der Waals surface area contributed by atoms with Gasteiger partial charge in [-0.2, -0.15) is 0 Å². The van der Waals surface area contributed by atoms with Gasteiger partial charge in [-0.15, -0.1) is 0 Å². The smallest absolute Gasteiger partial charge is 0.308 e. The molecule has 0 amide bonds. The van der Waals surface area contributed by atoms with Crippen molar-refractivity contribution in [2.24, 2.45) is 0 Å². The van der Waals surface area contributed by atoms with E-state index < -0.39 is 5.60 Å². The normalized spacial score (nSPS) is 18.6. The molecule has 0 saturated heterocycles. The van der Waals surface area contributed by atoms with Gasteiger partial charge >= 0.3 is 5.97 Å². The number of hydrogen-bond acceptors (Lipinski definition) is 4. The molecule has 1 N–H and O–H groups in total. The van der Waals surface area contributed by atoms with Crippen molar-refractivity contribution < 1.29 is 19.0 Å². The number of aromatic amines is 1. The van der Waals surface area contributed by atoms with Crippen molar-refractivity contribution in [2.75, 3.05) is 13.7 Å². The molecular formula is C23H25NO4. The molecule has 5 nitrogen and oxygen atoms in total. The van der Waals surface area contributed by atoms with Gasteiger partial charge in [0.05, 0.1) is 25.8 Å². The molecule has 1 aromatic heterocycles. The quantitative estimate of drug-likeness (QED) is 0.641. The van der Waals surface area contributed by atoms with Crippen LogP contribution in [0.2, 0.25) is 0 Å². The third-order valence-electron chi connectivity index (χ3n) is 5.54. The molecule has 0 radical (unpaired) electrons. The van der Waals surface area contributed by atoms with E-state index in [0.29, 0.717) is 19.6 Å². The second kappa shape index (κ2) is 7.68. The largest absolute Gasteiger partial charge is 0.489 e. The standard InChI is InChI=1S/C23H25NO4/c1-3-23(14-21(25)26-2)22-18(11-12-28-23)19-13-17(9-10-20(19)24-22)27-15-16-7-5-4-6-8-16/h4-10,13,24H,3,11-12,14-15H2,1-2H3. The number of benzene rings is 2. The summed E-state index contributed by atoms with van der Waals surface area (Å²) in [6, 6.07) is 16.2. The monoisotopic (exact) mass is 379 g/mol. The van der Waals surface area contributed by atoms with E-state index in [-0.39, 0.29) is 12.4 Å². The fraction of sp³-hybridized carbons (Fsp3) is 0.348. The maximum absolute atomic E-state index is 12.0. The summed E-state index contributed by atoms with van der Waals surface area (Å²) in [4.78, 5) is 15.5. The van der Waals surface area contributed by atoms with Crippen LogP contribution in [0.4, 0.5) is 0 Å². The van der Waals surface area contributed by atoms with E-state index in [1.807, 2.05) is 37.3 Å². The van der Waals surface area contributed by atoms with Crippen LogP contribution in [0.1, 0.15) is 36.6 Å². The Morgan fingerprint density at radius 1 is 1.21 bits per heavy atom. The average molecular weight is 379 g/mol. The predicted octanol–water partition coefficient (Wildman–Crippen LogP) is 4.49. The topological polar surface area (TPSA) is 60.5 Å². The lowest BCUT2D eigenvalue weighted by Crippen LogP contribution is -2.37. The van der Waals surface area contributed by atoms with Crippen LogP contribution in [0.15, 0.2) is 48.5 Å². The van der Waals surface area contributed by atoms with E-state index in [1.54, 1.807) is 0 Å². The first-order valence-corrected chi connectivity index (χ1v) is 9.68. The lowest BCUT2D eigenvalue weighted by atomic mass is 9.86. The third kappa shape index (κ3) is 3.38. The minimum absolute atomic E-state index is 0.206. The molecular weight excluding hydrogens is 354 g/mol. The fourth-order valence-electron chi connectivity index (χ4n) is 3.98. The van der Waals surface area contributed by atoms with Crippen LogP contribution in [0.25, 0.3) is 10.9 Å². The molecule has 146 valence electrons. The van der Waals surface area contributed by atoms with Crippen molar-refractivity contribution in [2.45, 2.75) is 38.4 Å². The van der Waals surface area contributed by atoms with Gasteiger partial charge in [0.2, 0.25) is 0 Å². The lowest BCUT2D eigenvalue weighted by molar-refractivity contribution is -0.152. The predicted molar refractivity (Wildman–Crippen MR) is 107 cm³/mol. The molecule has 0 saturated carbocycles. The van der Waals surface area contributed by atoms with Gasteiger partial charge in [0.1, 0.15) is 18.0 Å². The molecule has 3 aromatic rings. The minimum atomic E-state index is -0.662. The Bertz CT molecular complexity index is 979. The maximum Gasteiger partial charge on any atom is 0.308 e. The third-order valence-corrected chi connectivity index (χ3v) is 5.54. The highest BCUT2D eigenvalue weighted by Crippen LogP contribution is 2.42. The van der Waals surface area contributed by atoms with Crippen molar-refractivity contribution in [3.63, 3.8) is 0 Å². The second-order valence-electron chi connectivity index (χ2n) is 7.16. The molecule has 0 aliphatic carbocycles. The lowest BCUT2D eigenvalue weighted by Gasteiger charge is -2.35. The van der Waals surface area contributed by atoms with Gasteiger partial charge in [-0.3, -0.25) is 4.79 Å². The molecule has 5 heteroatoms. The summed E-state index contributed by atoms with van der Waals surface area (Å²) in [6.45, 7) is 3.15. The maximum atomic E-state index is 12.0. The van der Waals surface area contributed by atoms with Crippen LogP contribution in [0, 0.1) is 0 Å². The molecule has 28 heavy (non-hydrogen) atoms. The van der Waals surface area contributed by atoms with Crippen molar-refractivity contribution >= 4 is 16.9 Å². The molecule has 1 atom stereocenters. The van der Waals surface area contributed by atoms with Crippen LogP contribution in [0.5, 0.6) is 5.75 Å². The Labute approximate surface area is 164 Å². The van der Waals surface area contributed by atoms with Crippen LogP contribution in [-0.2, 0) is 32.9 Å². The summed E-state index contributed by atoms with van der Waals surface area (Å²) in [5, 5.41) is 1.13. The molecule has 1 unspecified atom stereocenters. The van der Waals surface area contributed by atoms with E-state index in [1.165, 1.54) is 12.7 Å². The van der Waals surface area contributed by atoms with E-state index >= 15 is 0 Å². The van der Waals surface area contributed by atoms with E-state index in [9.17, 15) is 4.79 Å². The number of fused-ring (bicyclic) bond motifs is 3. The first-order valence-electron chi connectivity index (χ1n) is 9.68. The Balaban J connectivity index is 1.66. The Morgan fingerprint density at radius 3 is 2.79 bits per heavy atom. The van der Waals surface area contributed by atoms with Crippen LogP contribution < -0.4 is 4.74 Å². The van der Waals surface area contributed by atoms with Gasteiger partial charge in [-0.25, -0.2) is 0 Å². The Hall–Kier alpha value is -2.79. The molecule has 2 heterocycles. The SMILES string of the molecule is CCC1(CC(=O)OC)OCCc2c1[nH]c1ccc(OCc3ccccc3)cc21. The summed E-state index contributed by atoms with van der Waals surface area (Å²) in [5.74, 6) is 0.569. The van der Waals surface area contributed by atoms with E-state index in [4.69, 9.17) is 14.2 Å². The van der Waals surface area contributed by atoms with Crippen LogP contribution in [0.3, 0.4) is 0 Å². The summed E-state index contributed by atoms with van der Waals surface area (Å²) < 4.78 is 17.0. The number of carbonyl (C=O) groups excluding carboxylic acids is 1. The van der Waals surface area contributed by atoms with Crippen molar-refractivity contribution in [3.8, 4) is 5.75 Å². The van der Waals surface area contributed by atoms with Crippen LogP contribution >= 0.6 is 0 Å². The zero-order valence-corrected chi connectivity index (χ0v) is 16.3. The number of carbonyl (C=O) groups is 1. The van der Waals surface area contributed by atoms with E-state index in [2.05, 4.69) is 23.2 Å². The van der Waals surface area contributed by atoms with Crippen LogP contribution in [-0.4, -0.2) is 24.7 Å². The first kappa shape index (κ1) is 18.6. The molecule has 4 rings (SSSR count). The summed E-state index contributed by atoms with van der Waals surface area (Å²) >= 11 is 0. The molecule has 1 aliphatic rings. The number of methoxy groups -OCH3 is 1. The fourth-order valence-corrected chi connectivity index (χ4v) is 3.98. The van der Waals surface area contributed by atoms with Crippen molar-refractivity contribution in [1.29, 1.82) is 0 Å². The van der Waals surface area contributed by atoms with Crippen molar-refractivity contribution in [1.82, 2.24) is 4.98 Å². The summed E-state index contributed by atoms with van der Waals surface area (Å²) in [7, 11) is 1.41. The minimum Gasteiger partial charge on any atom is -0.489 e. The highest BCUT2D eigenvalue weighted by atomic mass is 16.5. The number of H-pyrrole nitrogens is 1. The van der Waals surface area contributed by atoms with Gasteiger partial charge in [0.25, 0.3) is 0 Å². The number of aromatic nitrogens is 1. The molecule has 0 bridgehead atoms. The highest BCUT2D eigenvalue weighted by molar-refractivity contribution is 5.87. The molecule has 0 spiro atoms.